The fraction of sp³-hybridized carbons (Fsp3) is 0.214. The van der Waals surface area contributed by atoms with Crippen molar-refractivity contribution >= 4 is 21.6 Å². The lowest BCUT2D eigenvalue weighted by Gasteiger charge is -2.14. The van der Waals surface area contributed by atoms with Crippen molar-refractivity contribution in [2.45, 2.75) is 24.3 Å². The molecule has 2 rings (SSSR count). The Morgan fingerprint density at radius 2 is 1.90 bits per heavy atom. The van der Waals surface area contributed by atoms with Gasteiger partial charge in [0.1, 0.15) is 10.0 Å². The zero-order valence-corrected chi connectivity index (χ0v) is 12.5. The molecular formula is C14H15ClN2O2S. The normalized spacial score (nSPS) is 13.1. The van der Waals surface area contributed by atoms with Gasteiger partial charge in [0.05, 0.1) is 0 Å². The molecule has 1 atom stereocenters. The first-order valence-electron chi connectivity index (χ1n) is 6.15. The molecule has 20 heavy (non-hydrogen) atoms. The average molecular weight is 311 g/mol. The minimum atomic E-state index is -3.57. The Kier molecular flexibility index (Phi) is 4.75. The SMILES string of the molecule is CC(Cc1ccccc1)NS(=O)(=O)c1ccc(Cl)nc1. The van der Waals surface area contributed by atoms with Crippen molar-refractivity contribution in [3.8, 4) is 0 Å². The smallest absolute Gasteiger partial charge is 0.242 e. The van der Waals surface area contributed by atoms with Crippen LogP contribution in [0.25, 0.3) is 0 Å². The maximum atomic E-state index is 12.1. The van der Waals surface area contributed by atoms with E-state index in [1.54, 1.807) is 0 Å². The van der Waals surface area contributed by atoms with Crippen molar-refractivity contribution in [2.24, 2.45) is 0 Å². The van der Waals surface area contributed by atoms with Gasteiger partial charge in [0.25, 0.3) is 0 Å². The molecule has 0 fully saturated rings. The minimum Gasteiger partial charge on any atom is -0.243 e. The first kappa shape index (κ1) is 15.0. The molecule has 0 spiro atoms. The van der Waals surface area contributed by atoms with Crippen LogP contribution in [0.15, 0.2) is 53.6 Å². The van der Waals surface area contributed by atoms with E-state index in [0.29, 0.717) is 6.42 Å². The highest BCUT2D eigenvalue weighted by atomic mass is 35.5. The zero-order chi connectivity index (χ0) is 14.6. The molecule has 1 aromatic heterocycles. The van der Waals surface area contributed by atoms with Gasteiger partial charge in [0, 0.05) is 12.2 Å². The Hall–Kier alpha value is -1.43. The van der Waals surface area contributed by atoms with E-state index >= 15 is 0 Å². The number of hydrogen-bond donors (Lipinski definition) is 1. The summed E-state index contributed by atoms with van der Waals surface area (Å²) in [6, 6.07) is 12.4. The second-order valence-corrected chi connectivity index (χ2v) is 6.63. The fourth-order valence-electron chi connectivity index (χ4n) is 1.86. The van der Waals surface area contributed by atoms with Crippen LogP contribution in [0.2, 0.25) is 5.15 Å². The Balaban J connectivity index is 2.06. The fourth-order valence-corrected chi connectivity index (χ4v) is 3.16. The largest absolute Gasteiger partial charge is 0.243 e. The van der Waals surface area contributed by atoms with E-state index in [2.05, 4.69) is 9.71 Å². The third-order valence-electron chi connectivity index (χ3n) is 2.75. The first-order chi connectivity index (χ1) is 9.47. The molecule has 0 bridgehead atoms. The minimum absolute atomic E-state index is 0.113. The van der Waals surface area contributed by atoms with Crippen LogP contribution in [0.3, 0.4) is 0 Å². The van der Waals surface area contributed by atoms with Crippen LogP contribution in [0.5, 0.6) is 0 Å². The molecule has 0 aliphatic carbocycles. The van der Waals surface area contributed by atoms with E-state index in [4.69, 9.17) is 11.6 Å². The molecule has 0 radical (unpaired) electrons. The molecule has 0 aliphatic heterocycles. The average Bonchev–Trinajstić information content (AvgIpc) is 2.39. The van der Waals surface area contributed by atoms with Crippen LogP contribution in [0, 0.1) is 0 Å². The van der Waals surface area contributed by atoms with Gasteiger partial charge < -0.3 is 0 Å². The lowest BCUT2D eigenvalue weighted by atomic mass is 10.1. The molecular weight excluding hydrogens is 296 g/mol. The topological polar surface area (TPSA) is 59.1 Å². The summed E-state index contributed by atoms with van der Waals surface area (Å²) in [6.07, 6.45) is 1.88. The summed E-state index contributed by atoms with van der Waals surface area (Å²) >= 11 is 5.65. The lowest BCUT2D eigenvalue weighted by Crippen LogP contribution is -2.34. The van der Waals surface area contributed by atoms with Crippen molar-refractivity contribution in [2.75, 3.05) is 0 Å². The highest BCUT2D eigenvalue weighted by Crippen LogP contribution is 2.12. The van der Waals surface area contributed by atoms with Crippen LogP contribution in [-0.2, 0) is 16.4 Å². The second-order valence-electron chi connectivity index (χ2n) is 4.53. The van der Waals surface area contributed by atoms with Gasteiger partial charge in [0.2, 0.25) is 10.0 Å². The van der Waals surface area contributed by atoms with Crippen molar-refractivity contribution in [1.29, 1.82) is 0 Å². The number of pyridine rings is 1. The summed E-state index contributed by atoms with van der Waals surface area (Å²) in [4.78, 5) is 3.90. The molecule has 2 aromatic rings. The predicted octanol–water partition coefficient (Wildman–Crippen LogP) is 2.64. The summed E-state index contributed by atoms with van der Waals surface area (Å²) in [6.45, 7) is 1.83. The third-order valence-corrected chi connectivity index (χ3v) is 4.55. The number of benzene rings is 1. The molecule has 106 valence electrons. The highest BCUT2D eigenvalue weighted by molar-refractivity contribution is 7.89. The summed E-state index contributed by atoms with van der Waals surface area (Å²) in [7, 11) is -3.57. The van der Waals surface area contributed by atoms with Crippen molar-refractivity contribution in [1.82, 2.24) is 9.71 Å². The van der Waals surface area contributed by atoms with Crippen molar-refractivity contribution < 1.29 is 8.42 Å². The van der Waals surface area contributed by atoms with Gasteiger partial charge in [-0.05, 0) is 31.0 Å². The molecule has 0 saturated heterocycles. The number of nitrogens with one attached hydrogen (secondary N) is 1. The summed E-state index contributed by atoms with van der Waals surface area (Å²) in [5.41, 5.74) is 1.08. The quantitative estimate of drug-likeness (QED) is 0.864. The van der Waals surface area contributed by atoms with Gasteiger partial charge in [0.15, 0.2) is 0 Å². The highest BCUT2D eigenvalue weighted by Gasteiger charge is 2.17. The number of aromatic nitrogens is 1. The summed E-state index contributed by atoms with van der Waals surface area (Å²) < 4.78 is 26.9. The second kappa shape index (κ2) is 6.35. The molecule has 1 N–H and O–H groups in total. The van der Waals surface area contributed by atoms with Crippen LogP contribution in [0.1, 0.15) is 12.5 Å². The van der Waals surface area contributed by atoms with Gasteiger partial charge in [-0.25, -0.2) is 18.1 Å². The van der Waals surface area contributed by atoms with Crippen molar-refractivity contribution in [3.05, 3.63) is 59.4 Å². The van der Waals surface area contributed by atoms with Crippen LogP contribution < -0.4 is 4.72 Å². The van der Waals surface area contributed by atoms with Gasteiger partial charge in [-0.1, -0.05) is 41.9 Å². The third kappa shape index (κ3) is 4.03. The maximum absolute atomic E-state index is 12.1. The predicted molar refractivity (Wildman–Crippen MR) is 79.2 cm³/mol. The van der Waals surface area contributed by atoms with E-state index < -0.39 is 10.0 Å². The standard InChI is InChI=1S/C14H15ClN2O2S/c1-11(9-12-5-3-2-4-6-12)17-20(18,19)13-7-8-14(15)16-10-13/h2-8,10-11,17H,9H2,1H3. The molecule has 1 unspecified atom stereocenters. The first-order valence-corrected chi connectivity index (χ1v) is 8.01. The molecule has 6 heteroatoms. The van der Waals surface area contributed by atoms with Gasteiger partial charge >= 0.3 is 0 Å². The molecule has 0 saturated carbocycles. The Morgan fingerprint density at radius 1 is 1.20 bits per heavy atom. The number of halogens is 1. The van der Waals surface area contributed by atoms with Crippen LogP contribution >= 0.6 is 11.6 Å². The number of sulfonamides is 1. The van der Waals surface area contributed by atoms with Crippen LogP contribution in [-0.4, -0.2) is 19.4 Å². The van der Waals surface area contributed by atoms with Gasteiger partial charge in [-0.3, -0.25) is 0 Å². The molecule has 0 aliphatic rings. The number of nitrogens with zero attached hydrogens (tertiary/aromatic N) is 1. The van der Waals surface area contributed by atoms with E-state index in [1.165, 1.54) is 18.3 Å². The van der Waals surface area contributed by atoms with E-state index in [1.807, 2.05) is 37.3 Å². The number of hydrogen-bond acceptors (Lipinski definition) is 3. The Bertz CT molecular complexity index is 657. The van der Waals surface area contributed by atoms with E-state index in [9.17, 15) is 8.42 Å². The summed E-state index contributed by atoms with van der Waals surface area (Å²) in [5, 5.41) is 0.265. The molecule has 1 heterocycles. The lowest BCUT2D eigenvalue weighted by molar-refractivity contribution is 0.559. The van der Waals surface area contributed by atoms with Crippen molar-refractivity contribution in [3.63, 3.8) is 0 Å². The molecule has 0 amide bonds. The monoisotopic (exact) mass is 310 g/mol. The van der Waals surface area contributed by atoms with E-state index in [-0.39, 0.29) is 16.1 Å². The van der Waals surface area contributed by atoms with Crippen LogP contribution in [0.4, 0.5) is 0 Å². The Morgan fingerprint density at radius 3 is 2.50 bits per heavy atom. The Labute approximate surface area is 123 Å². The van der Waals surface area contributed by atoms with E-state index in [0.717, 1.165) is 5.56 Å². The summed E-state index contributed by atoms with van der Waals surface area (Å²) in [5.74, 6) is 0. The number of rotatable bonds is 5. The molecule has 4 nitrogen and oxygen atoms in total. The van der Waals surface area contributed by atoms with Gasteiger partial charge in [-0.15, -0.1) is 0 Å². The molecule has 1 aromatic carbocycles. The zero-order valence-electron chi connectivity index (χ0n) is 11.0. The maximum Gasteiger partial charge on any atom is 0.242 e. The van der Waals surface area contributed by atoms with Gasteiger partial charge in [-0.2, -0.15) is 0 Å².